The zero-order chi connectivity index (χ0) is 11.1. The van der Waals surface area contributed by atoms with Crippen LogP contribution in [-0.4, -0.2) is 37.6 Å². The molecule has 2 heteroatoms. The molecule has 1 unspecified atom stereocenters. The highest BCUT2D eigenvalue weighted by Crippen LogP contribution is 2.16. The third kappa shape index (κ3) is 5.33. The summed E-state index contributed by atoms with van der Waals surface area (Å²) >= 11 is 0. The molecule has 1 N–H and O–H groups in total. The summed E-state index contributed by atoms with van der Waals surface area (Å²) in [5.41, 5.74) is 1.33. The van der Waals surface area contributed by atoms with Gasteiger partial charge < -0.3 is 5.32 Å². The molecule has 1 atom stereocenters. The Balaban J connectivity index is 2.22. The summed E-state index contributed by atoms with van der Waals surface area (Å²) < 4.78 is 0. The third-order valence-corrected chi connectivity index (χ3v) is 3.18. The van der Waals surface area contributed by atoms with Gasteiger partial charge in [-0.15, -0.1) is 0 Å². The number of nitrogens with one attached hydrogen (secondary N) is 1. The predicted molar refractivity (Wildman–Crippen MR) is 67.1 cm³/mol. The summed E-state index contributed by atoms with van der Waals surface area (Å²) in [6, 6.07) is 0. The van der Waals surface area contributed by atoms with E-state index in [9.17, 15) is 0 Å². The maximum Gasteiger partial charge on any atom is 0.0202 e. The fourth-order valence-corrected chi connectivity index (χ4v) is 2.15. The molecule has 88 valence electrons. The fourth-order valence-electron chi connectivity index (χ4n) is 2.15. The SMILES string of the molecule is C=C(CNCC)CN1CCCC(C)CC1. The van der Waals surface area contributed by atoms with Gasteiger partial charge in [-0.2, -0.15) is 0 Å². The van der Waals surface area contributed by atoms with Crippen molar-refractivity contribution < 1.29 is 0 Å². The van der Waals surface area contributed by atoms with Crippen LogP contribution in [0, 0.1) is 5.92 Å². The Morgan fingerprint density at radius 2 is 2.20 bits per heavy atom. The van der Waals surface area contributed by atoms with Gasteiger partial charge in [0.05, 0.1) is 0 Å². The van der Waals surface area contributed by atoms with Crippen LogP contribution in [0.25, 0.3) is 0 Å². The van der Waals surface area contributed by atoms with Gasteiger partial charge in [-0.1, -0.05) is 20.4 Å². The summed E-state index contributed by atoms with van der Waals surface area (Å²) in [5.74, 6) is 0.914. The smallest absolute Gasteiger partial charge is 0.0202 e. The number of likely N-dealkylation sites (N-methyl/N-ethyl adjacent to an activating group) is 1. The lowest BCUT2D eigenvalue weighted by molar-refractivity contribution is 0.303. The molecule has 0 aromatic heterocycles. The zero-order valence-corrected chi connectivity index (χ0v) is 10.4. The lowest BCUT2D eigenvalue weighted by Gasteiger charge is -2.21. The van der Waals surface area contributed by atoms with Gasteiger partial charge in [-0.05, 0) is 50.4 Å². The van der Waals surface area contributed by atoms with E-state index in [1.165, 1.54) is 37.9 Å². The van der Waals surface area contributed by atoms with E-state index in [1.807, 2.05) is 0 Å². The molecule has 1 saturated heterocycles. The van der Waals surface area contributed by atoms with E-state index in [0.717, 1.165) is 25.6 Å². The molecule has 1 heterocycles. The maximum atomic E-state index is 4.13. The lowest BCUT2D eigenvalue weighted by atomic mass is 10.0. The monoisotopic (exact) mass is 210 g/mol. The van der Waals surface area contributed by atoms with Crippen molar-refractivity contribution in [3.05, 3.63) is 12.2 Å². The molecule has 0 aromatic rings. The molecule has 0 amide bonds. The summed E-state index contributed by atoms with van der Waals surface area (Å²) in [6.07, 6.45) is 4.11. The van der Waals surface area contributed by atoms with Gasteiger partial charge in [0.25, 0.3) is 0 Å². The zero-order valence-electron chi connectivity index (χ0n) is 10.4. The second-order valence-corrected chi connectivity index (χ2v) is 4.84. The highest BCUT2D eigenvalue weighted by molar-refractivity contribution is 4.99. The lowest BCUT2D eigenvalue weighted by Crippen LogP contribution is -2.30. The minimum atomic E-state index is 0.914. The Morgan fingerprint density at radius 1 is 1.40 bits per heavy atom. The van der Waals surface area contributed by atoms with Crippen LogP contribution in [-0.2, 0) is 0 Å². The van der Waals surface area contributed by atoms with E-state index in [0.29, 0.717) is 0 Å². The summed E-state index contributed by atoms with van der Waals surface area (Å²) in [6.45, 7) is 14.3. The summed E-state index contributed by atoms with van der Waals surface area (Å²) in [7, 11) is 0. The topological polar surface area (TPSA) is 15.3 Å². The molecule has 0 aliphatic carbocycles. The van der Waals surface area contributed by atoms with Gasteiger partial charge in [0.1, 0.15) is 0 Å². The van der Waals surface area contributed by atoms with E-state index in [-0.39, 0.29) is 0 Å². The number of hydrogen-bond donors (Lipinski definition) is 1. The van der Waals surface area contributed by atoms with Crippen LogP contribution in [0.3, 0.4) is 0 Å². The molecule has 0 saturated carbocycles. The molecule has 1 rings (SSSR count). The number of nitrogens with zero attached hydrogens (tertiary/aromatic N) is 1. The van der Waals surface area contributed by atoms with Gasteiger partial charge in [0.2, 0.25) is 0 Å². The molecule has 2 nitrogen and oxygen atoms in total. The molecule has 1 aliphatic rings. The van der Waals surface area contributed by atoms with E-state index in [2.05, 4.69) is 30.6 Å². The first kappa shape index (κ1) is 12.7. The second-order valence-electron chi connectivity index (χ2n) is 4.84. The number of likely N-dealkylation sites (tertiary alicyclic amines) is 1. The molecular formula is C13H26N2. The van der Waals surface area contributed by atoms with Crippen molar-refractivity contribution >= 4 is 0 Å². The quantitative estimate of drug-likeness (QED) is 0.700. The summed E-state index contributed by atoms with van der Waals surface area (Å²) in [5, 5.41) is 3.34. The summed E-state index contributed by atoms with van der Waals surface area (Å²) in [4.78, 5) is 2.56. The van der Waals surface area contributed by atoms with E-state index in [1.54, 1.807) is 0 Å². The van der Waals surface area contributed by atoms with Gasteiger partial charge in [0, 0.05) is 13.1 Å². The van der Waals surface area contributed by atoms with E-state index in [4.69, 9.17) is 0 Å². The van der Waals surface area contributed by atoms with Crippen LogP contribution in [0.1, 0.15) is 33.1 Å². The van der Waals surface area contributed by atoms with Crippen molar-refractivity contribution in [1.29, 1.82) is 0 Å². The van der Waals surface area contributed by atoms with Gasteiger partial charge >= 0.3 is 0 Å². The second kappa shape index (κ2) is 7.02. The molecular weight excluding hydrogens is 184 g/mol. The van der Waals surface area contributed by atoms with Crippen molar-refractivity contribution in [3.63, 3.8) is 0 Å². The Morgan fingerprint density at radius 3 is 2.93 bits per heavy atom. The molecule has 0 aromatic carbocycles. The average molecular weight is 210 g/mol. The number of rotatable bonds is 5. The maximum absolute atomic E-state index is 4.13. The van der Waals surface area contributed by atoms with Crippen LogP contribution in [0.5, 0.6) is 0 Å². The molecule has 1 aliphatic heterocycles. The van der Waals surface area contributed by atoms with Crippen molar-refractivity contribution in [2.75, 3.05) is 32.7 Å². The first-order valence-electron chi connectivity index (χ1n) is 6.32. The molecule has 0 bridgehead atoms. The molecule has 1 fully saturated rings. The standard InChI is InChI=1S/C13H26N2/c1-4-14-10-13(3)11-15-8-5-6-12(2)7-9-15/h12,14H,3-11H2,1-2H3. The molecule has 15 heavy (non-hydrogen) atoms. The third-order valence-electron chi connectivity index (χ3n) is 3.18. The largest absolute Gasteiger partial charge is 0.313 e. The van der Waals surface area contributed by atoms with Gasteiger partial charge in [-0.3, -0.25) is 4.90 Å². The minimum Gasteiger partial charge on any atom is -0.313 e. The predicted octanol–water partition coefficient (Wildman–Crippen LogP) is 2.27. The highest BCUT2D eigenvalue weighted by atomic mass is 15.1. The van der Waals surface area contributed by atoms with Crippen molar-refractivity contribution in [3.8, 4) is 0 Å². The number of hydrogen-bond acceptors (Lipinski definition) is 2. The van der Waals surface area contributed by atoms with Gasteiger partial charge in [0.15, 0.2) is 0 Å². The van der Waals surface area contributed by atoms with Crippen LogP contribution in [0.15, 0.2) is 12.2 Å². The van der Waals surface area contributed by atoms with Crippen LogP contribution in [0.2, 0.25) is 0 Å². The Bertz CT molecular complexity index is 189. The van der Waals surface area contributed by atoms with Crippen LogP contribution >= 0.6 is 0 Å². The Hall–Kier alpha value is -0.340. The van der Waals surface area contributed by atoms with Crippen molar-refractivity contribution in [2.24, 2.45) is 5.92 Å². The minimum absolute atomic E-state index is 0.914. The average Bonchev–Trinajstić information content (AvgIpc) is 2.41. The Labute approximate surface area is 94.7 Å². The van der Waals surface area contributed by atoms with Crippen molar-refractivity contribution in [2.45, 2.75) is 33.1 Å². The molecule has 0 radical (unpaired) electrons. The highest BCUT2D eigenvalue weighted by Gasteiger charge is 2.13. The first-order valence-corrected chi connectivity index (χ1v) is 6.32. The molecule has 0 spiro atoms. The van der Waals surface area contributed by atoms with Gasteiger partial charge in [-0.25, -0.2) is 0 Å². The fraction of sp³-hybridized carbons (Fsp3) is 0.846. The first-order chi connectivity index (χ1) is 7.22. The van der Waals surface area contributed by atoms with E-state index >= 15 is 0 Å². The Kier molecular flexibility index (Phi) is 5.96. The van der Waals surface area contributed by atoms with E-state index < -0.39 is 0 Å². The van der Waals surface area contributed by atoms with Crippen LogP contribution in [0.4, 0.5) is 0 Å². The van der Waals surface area contributed by atoms with Crippen LogP contribution < -0.4 is 5.32 Å². The normalized spacial score (nSPS) is 23.7. The van der Waals surface area contributed by atoms with Crippen molar-refractivity contribution in [1.82, 2.24) is 10.2 Å².